The molecule has 0 radical (unpaired) electrons. The number of hydrogen-bond donors (Lipinski definition) is 1. The van der Waals surface area contributed by atoms with Crippen molar-refractivity contribution < 1.29 is 4.79 Å². The van der Waals surface area contributed by atoms with Crippen molar-refractivity contribution in [2.45, 2.75) is 0 Å². The van der Waals surface area contributed by atoms with Crippen LogP contribution in [0.5, 0.6) is 0 Å². The van der Waals surface area contributed by atoms with E-state index in [1.165, 1.54) is 11.8 Å². The molecule has 1 heterocycles. The molecule has 1 N–H and O–H groups in total. The molecule has 0 saturated carbocycles. The fourth-order valence-electron chi connectivity index (χ4n) is 2.14. The number of amides is 1. The number of thioether (sulfide) groups is 1. The number of nitrogens with zero attached hydrogens (tertiary/aromatic N) is 1. The maximum atomic E-state index is 12.6. The van der Waals surface area contributed by atoms with E-state index in [0.717, 1.165) is 20.2 Å². The lowest BCUT2D eigenvalue weighted by atomic mass is 10.2. The van der Waals surface area contributed by atoms with Gasteiger partial charge in [0.1, 0.15) is 4.32 Å². The molecule has 0 bridgehead atoms. The lowest BCUT2D eigenvalue weighted by molar-refractivity contribution is -0.121. The van der Waals surface area contributed by atoms with Crippen LogP contribution >= 0.6 is 55.8 Å². The first kappa shape index (κ1) is 17.7. The van der Waals surface area contributed by atoms with Gasteiger partial charge in [0.15, 0.2) is 0 Å². The van der Waals surface area contributed by atoms with Gasteiger partial charge in [0.25, 0.3) is 5.91 Å². The summed E-state index contributed by atoms with van der Waals surface area (Å²) in [6.07, 6.45) is 1.86. The van der Waals surface area contributed by atoms with Crippen molar-refractivity contribution in [3.63, 3.8) is 0 Å². The van der Waals surface area contributed by atoms with Crippen molar-refractivity contribution in [2.75, 3.05) is 12.0 Å². The Labute approximate surface area is 166 Å². The van der Waals surface area contributed by atoms with Gasteiger partial charge in [-0.05, 0) is 45.8 Å². The Bertz CT molecular complexity index is 839. The number of halogens is 2. The smallest absolute Gasteiger partial charge is 0.267 e. The van der Waals surface area contributed by atoms with Gasteiger partial charge in [-0.25, -0.2) is 0 Å². The number of hydrogen-bond acceptors (Lipinski definition) is 4. The average Bonchev–Trinajstić information content (AvgIpc) is 2.83. The van der Waals surface area contributed by atoms with Gasteiger partial charge in [-0.15, -0.1) is 0 Å². The van der Waals surface area contributed by atoms with Crippen LogP contribution in [0.15, 0.2) is 62.4 Å². The zero-order valence-electron chi connectivity index (χ0n) is 12.3. The van der Waals surface area contributed by atoms with Crippen LogP contribution in [-0.2, 0) is 4.79 Å². The summed E-state index contributed by atoms with van der Waals surface area (Å²) < 4.78 is 2.44. The number of anilines is 1. The summed E-state index contributed by atoms with van der Waals surface area (Å²) >= 11 is 13.7. The molecule has 0 spiro atoms. The number of para-hydroxylation sites is 1. The maximum absolute atomic E-state index is 12.6. The first-order valence-electron chi connectivity index (χ1n) is 7.04. The van der Waals surface area contributed by atoms with Crippen LogP contribution in [0, 0.1) is 0 Å². The standard InChI is InChI=1S/C17H12Br2N2OS2/c18-12-6-2-1-5-11(12)9-15-16(22)21(17(23)24-15)10-20-14-8-4-3-7-13(14)19/h1-9,20H,10H2. The van der Waals surface area contributed by atoms with E-state index in [1.807, 2.05) is 54.6 Å². The minimum Gasteiger partial charge on any atom is -0.366 e. The van der Waals surface area contributed by atoms with E-state index >= 15 is 0 Å². The highest BCUT2D eigenvalue weighted by Crippen LogP contribution is 2.34. The highest BCUT2D eigenvalue weighted by molar-refractivity contribution is 9.11. The van der Waals surface area contributed by atoms with Crippen molar-refractivity contribution in [2.24, 2.45) is 0 Å². The molecule has 1 aliphatic rings. The fourth-order valence-corrected chi connectivity index (χ4v) is 4.21. The van der Waals surface area contributed by atoms with E-state index in [2.05, 4.69) is 37.2 Å². The van der Waals surface area contributed by atoms with E-state index in [-0.39, 0.29) is 5.91 Å². The van der Waals surface area contributed by atoms with Gasteiger partial charge in [-0.1, -0.05) is 70.2 Å². The fraction of sp³-hybridized carbons (Fsp3) is 0.0588. The third-order valence-corrected chi connectivity index (χ3v) is 6.16. The normalized spacial score (nSPS) is 16.1. The molecule has 1 aliphatic heterocycles. The van der Waals surface area contributed by atoms with Crippen LogP contribution in [0.3, 0.4) is 0 Å². The molecule has 24 heavy (non-hydrogen) atoms. The minimum atomic E-state index is -0.0830. The predicted molar refractivity (Wildman–Crippen MR) is 112 cm³/mol. The van der Waals surface area contributed by atoms with Crippen molar-refractivity contribution in [3.8, 4) is 0 Å². The largest absolute Gasteiger partial charge is 0.366 e. The highest BCUT2D eigenvalue weighted by Gasteiger charge is 2.31. The SMILES string of the molecule is O=C1C(=Cc2ccccc2Br)SC(=S)N1CNc1ccccc1Br. The quantitative estimate of drug-likeness (QED) is 0.460. The lowest BCUT2D eigenvalue weighted by Crippen LogP contribution is -2.33. The average molecular weight is 484 g/mol. The van der Waals surface area contributed by atoms with Gasteiger partial charge in [0.2, 0.25) is 0 Å². The number of nitrogens with one attached hydrogen (secondary N) is 1. The molecular weight excluding hydrogens is 472 g/mol. The Kier molecular flexibility index (Phi) is 5.76. The molecule has 0 unspecified atom stereocenters. The van der Waals surface area contributed by atoms with Crippen molar-refractivity contribution in [1.82, 2.24) is 4.90 Å². The Morgan fingerprint density at radius 1 is 1.08 bits per heavy atom. The lowest BCUT2D eigenvalue weighted by Gasteiger charge is -2.16. The Morgan fingerprint density at radius 2 is 1.75 bits per heavy atom. The number of rotatable bonds is 4. The molecule has 122 valence electrons. The topological polar surface area (TPSA) is 32.3 Å². The summed E-state index contributed by atoms with van der Waals surface area (Å²) in [4.78, 5) is 14.8. The van der Waals surface area contributed by atoms with Gasteiger partial charge in [-0.2, -0.15) is 0 Å². The van der Waals surface area contributed by atoms with E-state index < -0.39 is 0 Å². The van der Waals surface area contributed by atoms with E-state index in [1.54, 1.807) is 4.90 Å². The second kappa shape index (κ2) is 7.82. The van der Waals surface area contributed by atoms with Crippen LogP contribution in [0.4, 0.5) is 5.69 Å². The molecule has 7 heteroatoms. The maximum Gasteiger partial charge on any atom is 0.267 e. The van der Waals surface area contributed by atoms with E-state index in [9.17, 15) is 4.79 Å². The summed E-state index contributed by atoms with van der Waals surface area (Å²) in [6, 6.07) is 15.5. The highest BCUT2D eigenvalue weighted by atomic mass is 79.9. The zero-order chi connectivity index (χ0) is 17.1. The number of carbonyl (C=O) groups excluding carboxylic acids is 1. The third kappa shape index (κ3) is 3.91. The van der Waals surface area contributed by atoms with Crippen LogP contribution in [0.25, 0.3) is 6.08 Å². The van der Waals surface area contributed by atoms with Crippen molar-refractivity contribution in [1.29, 1.82) is 0 Å². The number of benzene rings is 2. The molecule has 1 fully saturated rings. The monoisotopic (exact) mass is 482 g/mol. The molecule has 0 atom stereocenters. The Balaban J connectivity index is 1.75. The zero-order valence-corrected chi connectivity index (χ0v) is 17.1. The molecule has 3 rings (SSSR count). The molecular formula is C17H12Br2N2OS2. The predicted octanol–water partition coefficient (Wildman–Crippen LogP) is 5.48. The number of carbonyl (C=O) groups is 1. The Hall–Kier alpha value is -1.15. The molecule has 1 saturated heterocycles. The second-order valence-electron chi connectivity index (χ2n) is 4.95. The molecule has 3 nitrogen and oxygen atoms in total. The number of thiocarbonyl (C=S) groups is 1. The van der Waals surface area contributed by atoms with Gasteiger partial charge in [0, 0.05) is 14.6 Å². The molecule has 2 aromatic rings. The Morgan fingerprint density at radius 3 is 2.46 bits per heavy atom. The first-order chi connectivity index (χ1) is 11.6. The third-order valence-electron chi connectivity index (χ3n) is 3.37. The minimum absolute atomic E-state index is 0.0830. The van der Waals surface area contributed by atoms with Crippen LogP contribution in [0.1, 0.15) is 5.56 Å². The van der Waals surface area contributed by atoms with Crippen LogP contribution < -0.4 is 5.32 Å². The van der Waals surface area contributed by atoms with E-state index in [4.69, 9.17) is 12.2 Å². The van der Waals surface area contributed by atoms with Gasteiger partial charge in [-0.3, -0.25) is 9.69 Å². The van der Waals surface area contributed by atoms with Crippen molar-refractivity contribution >= 4 is 77.8 Å². The summed E-state index contributed by atoms with van der Waals surface area (Å²) in [6.45, 7) is 0.334. The molecule has 0 aromatic heterocycles. The van der Waals surface area contributed by atoms with Gasteiger partial charge >= 0.3 is 0 Å². The van der Waals surface area contributed by atoms with Gasteiger partial charge in [0.05, 0.1) is 11.6 Å². The summed E-state index contributed by atoms with van der Waals surface area (Å²) in [5, 5.41) is 3.23. The van der Waals surface area contributed by atoms with Crippen molar-refractivity contribution in [3.05, 3.63) is 67.9 Å². The van der Waals surface area contributed by atoms with Crippen LogP contribution in [-0.4, -0.2) is 21.8 Å². The first-order valence-corrected chi connectivity index (χ1v) is 9.85. The van der Waals surface area contributed by atoms with Crippen LogP contribution in [0.2, 0.25) is 0 Å². The van der Waals surface area contributed by atoms with Gasteiger partial charge < -0.3 is 5.32 Å². The second-order valence-corrected chi connectivity index (χ2v) is 8.33. The molecule has 2 aromatic carbocycles. The molecule has 0 aliphatic carbocycles. The molecule has 1 amide bonds. The summed E-state index contributed by atoms with van der Waals surface area (Å²) in [7, 11) is 0. The summed E-state index contributed by atoms with van der Waals surface area (Å²) in [5.41, 5.74) is 1.87. The summed E-state index contributed by atoms with van der Waals surface area (Å²) in [5.74, 6) is -0.0830. The van der Waals surface area contributed by atoms with E-state index in [0.29, 0.717) is 15.9 Å².